The molecule has 0 heterocycles. The molecule has 0 aliphatic rings. The SMILES string of the molecule is C#CCCC(C)=N[C@H](C)c1ccccc1. The first-order chi connectivity index (χ1) is 7.24. The normalized spacial score (nSPS) is 13.3. The Morgan fingerprint density at radius 1 is 1.40 bits per heavy atom. The molecule has 0 radical (unpaired) electrons. The van der Waals surface area contributed by atoms with Gasteiger partial charge >= 0.3 is 0 Å². The number of aliphatic imine (C=N–C) groups is 1. The number of hydrogen-bond donors (Lipinski definition) is 0. The van der Waals surface area contributed by atoms with E-state index in [9.17, 15) is 0 Å². The van der Waals surface area contributed by atoms with Gasteiger partial charge < -0.3 is 0 Å². The Balaban J connectivity index is 2.63. The maximum atomic E-state index is 5.21. The quantitative estimate of drug-likeness (QED) is 0.519. The van der Waals surface area contributed by atoms with E-state index in [0.717, 1.165) is 18.6 Å². The molecule has 1 aromatic rings. The summed E-state index contributed by atoms with van der Waals surface area (Å²) in [6.45, 7) is 4.14. The summed E-state index contributed by atoms with van der Waals surface area (Å²) in [5, 5.41) is 0. The van der Waals surface area contributed by atoms with Crippen molar-refractivity contribution < 1.29 is 0 Å². The third-order valence-electron chi connectivity index (χ3n) is 2.33. The van der Waals surface area contributed by atoms with Gasteiger partial charge in [0, 0.05) is 12.1 Å². The van der Waals surface area contributed by atoms with Crippen LogP contribution < -0.4 is 0 Å². The van der Waals surface area contributed by atoms with E-state index in [1.54, 1.807) is 0 Å². The van der Waals surface area contributed by atoms with Gasteiger partial charge in [0.15, 0.2) is 0 Å². The predicted molar refractivity (Wildman–Crippen MR) is 66.0 cm³/mol. The summed E-state index contributed by atoms with van der Waals surface area (Å²) in [4.78, 5) is 4.61. The molecule has 1 aromatic carbocycles. The average Bonchev–Trinajstić information content (AvgIpc) is 2.27. The second-order valence-electron chi connectivity index (χ2n) is 3.66. The molecule has 0 amide bonds. The fourth-order valence-electron chi connectivity index (χ4n) is 1.45. The highest BCUT2D eigenvalue weighted by Gasteiger charge is 2.02. The number of terminal acetylenes is 1. The van der Waals surface area contributed by atoms with E-state index >= 15 is 0 Å². The summed E-state index contributed by atoms with van der Waals surface area (Å²) in [6.07, 6.45) is 6.88. The van der Waals surface area contributed by atoms with Crippen LogP contribution in [0.1, 0.15) is 38.3 Å². The van der Waals surface area contributed by atoms with Crippen molar-refractivity contribution in [2.75, 3.05) is 0 Å². The third kappa shape index (κ3) is 3.99. The molecular formula is C14H17N. The van der Waals surface area contributed by atoms with Crippen LogP contribution in [-0.2, 0) is 0 Å². The van der Waals surface area contributed by atoms with E-state index < -0.39 is 0 Å². The van der Waals surface area contributed by atoms with Crippen LogP contribution in [0.15, 0.2) is 35.3 Å². The van der Waals surface area contributed by atoms with Gasteiger partial charge in [-0.25, -0.2) is 0 Å². The Labute approximate surface area is 92.2 Å². The Morgan fingerprint density at radius 3 is 2.67 bits per heavy atom. The van der Waals surface area contributed by atoms with E-state index in [4.69, 9.17) is 6.42 Å². The highest BCUT2D eigenvalue weighted by Crippen LogP contribution is 2.16. The van der Waals surface area contributed by atoms with Crippen LogP contribution in [0.2, 0.25) is 0 Å². The van der Waals surface area contributed by atoms with Crippen molar-refractivity contribution in [2.45, 2.75) is 32.7 Å². The summed E-state index contributed by atoms with van der Waals surface area (Å²) in [6, 6.07) is 10.5. The van der Waals surface area contributed by atoms with Crippen LogP contribution in [0.4, 0.5) is 0 Å². The van der Waals surface area contributed by atoms with Crippen molar-refractivity contribution in [2.24, 2.45) is 4.99 Å². The zero-order valence-electron chi connectivity index (χ0n) is 9.40. The van der Waals surface area contributed by atoms with Crippen LogP contribution in [0.5, 0.6) is 0 Å². The number of nitrogens with zero attached hydrogens (tertiary/aromatic N) is 1. The van der Waals surface area contributed by atoms with Crippen molar-refractivity contribution in [1.82, 2.24) is 0 Å². The molecular weight excluding hydrogens is 182 g/mol. The van der Waals surface area contributed by atoms with Gasteiger partial charge in [-0.3, -0.25) is 4.99 Å². The van der Waals surface area contributed by atoms with Crippen LogP contribution in [0.25, 0.3) is 0 Å². The minimum atomic E-state index is 0.226. The molecule has 0 saturated heterocycles. The maximum absolute atomic E-state index is 5.21. The lowest BCUT2D eigenvalue weighted by atomic mass is 10.1. The van der Waals surface area contributed by atoms with Gasteiger partial charge in [0.1, 0.15) is 0 Å². The Bertz CT molecular complexity index is 357. The van der Waals surface area contributed by atoms with Crippen molar-refractivity contribution in [1.29, 1.82) is 0 Å². The zero-order chi connectivity index (χ0) is 11.1. The average molecular weight is 199 g/mol. The minimum Gasteiger partial charge on any atom is -0.287 e. The Kier molecular flexibility index (Phi) is 4.63. The predicted octanol–water partition coefficient (Wildman–Crippen LogP) is 3.62. The third-order valence-corrected chi connectivity index (χ3v) is 2.33. The van der Waals surface area contributed by atoms with Crippen molar-refractivity contribution in [3.63, 3.8) is 0 Å². The lowest BCUT2D eigenvalue weighted by molar-refractivity contribution is 0.812. The molecule has 0 aliphatic heterocycles. The Hall–Kier alpha value is -1.55. The van der Waals surface area contributed by atoms with Crippen molar-refractivity contribution >= 4 is 5.71 Å². The number of benzene rings is 1. The van der Waals surface area contributed by atoms with Crippen LogP contribution in [-0.4, -0.2) is 5.71 Å². The molecule has 78 valence electrons. The van der Waals surface area contributed by atoms with Crippen LogP contribution in [0.3, 0.4) is 0 Å². The minimum absolute atomic E-state index is 0.226. The number of hydrogen-bond acceptors (Lipinski definition) is 1. The molecule has 0 spiro atoms. The summed E-state index contributed by atoms with van der Waals surface area (Å²) < 4.78 is 0. The molecule has 0 bridgehead atoms. The van der Waals surface area contributed by atoms with Gasteiger partial charge in [0.25, 0.3) is 0 Å². The molecule has 0 unspecified atom stereocenters. The van der Waals surface area contributed by atoms with Gasteiger partial charge in [-0.2, -0.15) is 0 Å². The first-order valence-electron chi connectivity index (χ1n) is 5.25. The molecule has 1 nitrogen and oxygen atoms in total. The second kappa shape index (κ2) is 6.03. The maximum Gasteiger partial charge on any atom is 0.0720 e. The molecule has 0 aliphatic carbocycles. The fourth-order valence-corrected chi connectivity index (χ4v) is 1.45. The molecule has 1 heteroatoms. The lowest BCUT2D eigenvalue weighted by Gasteiger charge is -2.08. The molecule has 0 N–H and O–H groups in total. The number of rotatable bonds is 4. The summed E-state index contributed by atoms with van der Waals surface area (Å²) >= 11 is 0. The van der Waals surface area contributed by atoms with Crippen molar-refractivity contribution in [3.05, 3.63) is 35.9 Å². The molecule has 0 saturated carbocycles. The van der Waals surface area contributed by atoms with E-state index in [-0.39, 0.29) is 6.04 Å². The van der Waals surface area contributed by atoms with Gasteiger partial charge in [0.2, 0.25) is 0 Å². The van der Waals surface area contributed by atoms with E-state index in [2.05, 4.69) is 30.0 Å². The molecule has 1 atom stereocenters. The standard InChI is InChI=1S/C14H17N/c1-4-5-9-12(2)15-13(3)14-10-7-6-8-11-14/h1,6-8,10-11,13H,5,9H2,2-3H3/t13-/m1/s1. The summed E-state index contributed by atoms with van der Waals surface area (Å²) in [7, 11) is 0. The fraction of sp³-hybridized carbons (Fsp3) is 0.357. The van der Waals surface area contributed by atoms with Crippen LogP contribution in [0, 0.1) is 12.3 Å². The summed E-state index contributed by atoms with van der Waals surface area (Å²) in [5.41, 5.74) is 2.38. The Morgan fingerprint density at radius 2 is 2.07 bits per heavy atom. The smallest absolute Gasteiger partial charge is 0.0720 e. The van der Waals surface area contributed by atoms with Crippen LogP contribution >= 0.6 is 0 Å². The van der Waals surface area contributed by atoms with E-state index in [1.807, 2.05) is 25.1 Å². The largest absolute Gasteiger partial charge is 0.287 e. The van der Waals surface area contributed by atoms with Gasteiger partial charge in [-0.1, -0.05) is 30.3 Å². The highest BCUT2D eigenvalue weighted by molar-refractivity contribution is 5.82. The molecule has 0 aromatic heterocycles. The molecule has 15 heavy (non-hydrogen) atoms. The van der Waals surface area contributed by atoms with Gasteiger partial charge in [0.05, 0.1) is 6.04 Å². The first-order valence-corrected chi connectivity index (χ1v) is 5.25. The van der Waals surface area contributed by atoms with Gasteiger partial charge in [-0.15, -0.1) is 12.3 Å². The van der Waals surface area contributed by atoms with Crippen molar-refractivity contribution in [3.8, 4) is 12.3 Å². The highest BCUT2D eigenvalue weighted by atomic mass is 14.8. The van der Waals surface area contributed by atoms with Gasteiger partial charge in [-0.05, 0) is 25.8 Å². The monoisotopic (exact) mass is 199 g/mol. The zero-order valence-corrected chi connectivity index (χ0v) is 9.40. The second-order valence-corrected chi connectivity index (χ2v) is 3.66. The molecule has 0 fully saturated rings. The summed E-state index contributed by atoms with van der Waals surface area (Å²) in [5.74, 6) is 2.63. The van der Waals surface area contributed by atoms with E-state index in [0.29, 0.717) is 0 Å². The molecule has 1 rings (SSSR count). The first kappa shape index (κ1) is 11.5. The van der Waals surface area contributed by atoms with E-state index in [1.165, 1.54) is 5.56 Å². The lowest BCUT2D eigenvalue weighted by Crippen LogP contribution is -1.96. The topological polar surface area (TPSA) is 12.4 Å².